The molecule has 0 radical (unpaired) electrons. The minimum atomic E-state index is -0.566. The lowest BCUT2D eigenvalue weighted by atomic mass is 10.1. The van der Waals surface area contributed by atoms with Crippen molar-refractivity contribution in [1.82, 2.24) is 4.57 Å². The van der Waals surface area contributed by atoms with Gasteiger partial charge in [0.05, 0.1) is 36.8 Å². The van der Waals surface area contributed by atoms with Crippen LogP contribution in [0.25, 0.3) is 10.9 Å². The third kappa shape index (κ3) is 5.67. The molecule has 2 rings (SSSR count). The number of aryl methyl sites for hydroxylation is 2. The van der Waals surface area contributed by atoms with Crippen LogP contribution in [-0.2, 0) is 36.8 Å². The van der Waals surface area contributed by atoms with Gasteiger partial charge in [0.2, 0.25) is 0 Å². The molecule has 0 bridgehead atoms. The molecule has 0 aliphatic rings. The number of rotatable bonds is 10. The first-order chi connectivity index (χ1) is 14.3. The van der Waals surface area contributed by atoms with Crippen LogP contribution in [0, 0.1) is 0 Å². The molecule has 0 N–H and O–H groups in total. The second kappa shape index (κ2) is 11.2. The van der Waals surface area contributed by atoms with Crippen molar-refractivity contribution in [2.75, 3.05) is 19.8 Å². The SMILES string of the molecule is CCOC(=O)CCc1c(C(=O)OCC)n(CCC(=O)OCC)c2cc(Cl)cc(Cl)c12. The summed E-state index contributed by atoms with van der Waals surface area (Å²) in [6.45, 7) is 6.01. The predicted octanol–water partition coefficient (Wildman–Crippen LogP) is 4.57. The van der Waals surface area contributed by atoms with E-state index in [9.17, 15) is 14.4 Å². The van der Waals surface area contributed by atoms with E-state index in [1.165, 1.54) is 0 Å². The van der Waals surface area contributed by atoms with E-state index in [1.54, 1.807) is 37.5 Å². The first-order valence-electron chi connectivity index (χ1n) is 9.82. The fourth-order valence-electron chi connectivity index (χ4n) is 3.28. The molecule has 0 aliphatic heterocycles. The molecule has 1 aromatic carbocycles. The highest BCUT2D eigenvalue weighted by Gasteiger charge is 2.26. The predicted molar refractivity (Wildman–Crippen MR) is 114 cm³/mol. The second-order valence-electron chi connectivity index (χ2n) is 6.34. The first-order valence-corrected chi connectivity index (χ1v) is 10.6. The maximum Gasteiger partial charge on any atom is 0.355 e. The van der Waals surface area contributed by atoms with E-state index < -0.39 is 11.9 Å². The number of aromatic nitrogens is 1. The molecule has 0 aliphatic carbocycles. The van der Waals surface area contributed by atoms with E-state index in [0.717, 1.165) is 0 Å². The number of esters is 3. The first kappa shape index (κ1) is 24.0. The van der Waals surface area contributed by atoms with Crippen LogP contribution in [0.3, 0.4) is 0 Å². The lowest BCUT2D eigenvalue weighted by Crippen LogP contribution is -2.17. The van der Waals surface area contributed by atoms with Gasteiger partial charge in [-0.1, -0.05) is 23.2 Å². The van der Waals surface area contributed by atoms with Gasteiger partial charge in [0.15, 0.2) is 0 Å². The summed E-state index contributed by atoms with van der Waals surface area (Å²) in [7, 11) is 0. The van der Waals surface area contributed by atoms with Crippen molar-refractivity contribution in [2.24, 2.45) is 0 Å². The molecule has 1 heterocycles. The summed E-state index contributed by atoms with van der Waals surface area (Å²) in [5.41, 5.74) is 1.38. The van der Waals surface area contributed by atoms with Gasteiger partial charge in [-0.15, -0.1) is 0 Å². The van der Waals surface area contributed by atoms with E-state index in [0.29, 0.717) is 26.5 Å². The molecule has 0 amide bonds. The molecule has 0 unspecified atom stereocenters. The number of fused-ring (bicyclic) bond motifs is 1. The maximum absolute atomic E-state index is 12.8. The Morgan fingerprint density at radius 3 is 2.10 bits per heavy atom. The number of carbonyl (C=O) groups is 3. The van der Waals surface area contributed by atoms with Crippen molar-refractivity contribution in [3.05, 3.63) is 33.4 Å². The molecular weight excluding hydrogens is 433 g/mol. The zero-order valence-electron chi connectivity index (χ0n) is 17.3. The third-order valence-electron chi connectivity index (χ3n) is 4.38. The molecule has 164 valence electrons. The normalized spacial score (nSPS) is 10.8. The van der Waals surface area contributed by atoms with E-state index in [4.69, 9.17) is 37.4 Å². The Morgan fingerprint density at radius 2 is 1.50 bits per heavy atom. The van der Waals surface area contributed by atoms with Gasteiger partial charge in [0, 0.05) is 23.4 Å². The summed E-state index contributed by atoms with van der Waals surface area (Å²) in [6.07, 6.45) is 0.332. The van der Waals surface area contributed by atoms with Crippen molar-refractivity contribution in [3.8, 4) is 0 Å². The maximum atomic E-state index is 12.8. The van der Waals surface area contributed by atoms with E-state index in [-0.39, 0.29) is 57.3 Å². The van der Waals surface area contributed by atoms with Crippen LogP contribution >= 0.6 is 23.2 Å². The quantitative estimate of drug-likeness (QED) is 0.383. The molecule has 9 heteroatoms. The Labute approximate surface area is 185 Å². The summed E-state index contributed by atoms with van der Waals surface area (Å²) >= 11 is 12.7. The molecule has 0 fully saturated rings. The molecule has 30 heavy (non-hydrogen) atoms. The van der Waals surface area contributed by atoms with E-state index >= 15 is 0 Å². The summed E-state index contributed by atoms with van der Waals surface area (Å²) in [5.74, 6) is -1.34. The summed E-state index contributed by atoms with van der Waals surface area (Å²) in [4.78, 5) is 36.7. The highest BCUT2D eigenvalue weighted by atomic mass is 35.5. The van der Waals surface area contributed by atoms with Gasteiger partial charge in [-0.2, -0.15) is 0 Å². The summed E-state index contributed by atoms with van der Waals surface area (Å²) in [5, 5.41) is 1.32. The van der Waals surface area contributed by atoms with Crippen molar-refractivity contribution in [2.45, 2.75) is 46.6 Å². The number of hydrogen-bond acceptors (Lipinski definition) is 6. The summed E-state index contributed by atoms with van der Waals surface area (Å²) < 4.78 is 16.9. The van der Waals surface area contributed by atoms with Gasteiger partial charge >= 0.3 is 17.9 Å². The molecular formula is C21H25Cl2NO6. The second-order valence-corrected chi connectivity index (χ2v) is 7.18. The minimum absolute atomic E-state index is 0.0471. The molecule has 0 spiro atoms. The number of ether oxygens (including phenoxy) is 3. The fourth-order valence-corrected chi connectivity index (χ4v) is 3.88. The van der Waals surface area contributed by atoms with Crippen LogP contribution in [0.15, 0.2) is 12.1 Å². The number of nitrogens with zero attached hydrogens (tertiary/aromatic N) is 1. The average Bonchev–Trinajstić information content (AvgIpc) is 2.99. The third-order valence-corrected chi connectivity index (χ3v) is 4.90. The summed E-state index contributed by atoms with van der Waals surface area (Å²) in [6, 6.07) is 3.24. The Kier molecular flexibility index (Phi) is 8.99. The van der Waals surface area contributed by atoms with Gasteiger partial charge in [0.25, 0.3) is 0 Å². The Hall–Kier alpha value is -2.25. The van der Waals surface area contributed by atoms with Crippen LogP contribution in [0.2, 0.25) is 10.0 Å². The van der Waals surface area contributed by atoms with Gasteiger partial charge in [0.1, 0.15) is 5.69 Å². The fraction of sp³-hybridized carbons (Fsp3) is 0.476. The highest BCUT2D eigenvalue weighted by molar-refractivity contribution is 6.39. The number of carbonyl (C=O) groups excluding carboxylic acids is 3. The highest BCUT2D eigenvalue weighted by Crippen LogP contribution is 2.36. The Bertz CT molecular complexity index is 937. The van der Waals surface area contributed by atoms with Crippen LogP contribution in [0.1, 0.15) is 49.7 Å². The number of hydrogen-bond donors (Lipinski definition) is 0. The molecule has 0 saturated heterocycles. The zero-order valence-corrected chi connectivity index (χ0v) is 18.8. The zero-order chi connectivity index (χ0) is 22.3. The van der Waals surface area contributed by atoms with Crippen LogP contribution in [0.4, 0.5) is 0 Å². The van der Waals surface area contributed by atoms with Gasteiger partial charge in [-0.3, -0.25) is 9.59 Å². The standard InChI is InChI=1S/C21H25Cl2NO6/c1-4-28-17(25)8-7-14-19-15(23)11-13(22)12-16(19)24(10-9-18(26)29-5-2)20(14)21(27)30-6-3/h11-12H,4-10H2,1-3H3. The average molecular weight is 458 g/mol. The van der Waals surface area contributed by atoms with E-state index in [2.05, 4.69) is 0 Å². The smallest absolute Gasteiger partial charge is 0.355 e. The molecule has 7 nitrogen and oxygen atoms in total. The van der Waals surface area contributed by atoms with Crippen molar-refractivity contribution in [1.29, 1.82) is 0 Å². The molecule has 0 saturated carbocycles. The Morgan fingerprint density at radius 1 is 0.900 bits per heavy atom. The molecule has 0 atom stereocenters. The van der Waals surface area contributed by atoms with Crippen LogP contribution in [0.5, 0.6) is 0 Å². The van der Waals surface area contributed by atoms with Gasteiger partial charge in [-0.05, 0) is 44.9 Å². The topological polar surface area (TPSA) is 83.8 Å². The van der Waals surface area contributed by atoms with Crippen molar-refractivity contribution < 1.29 is 28.6 Å². The number of benzene rings is 1. The number of halogens is 2. The monoisotopic (exact) mass is 457 g/mol. The van der Waals surface area contributed by atoms with Crippen molar-refractivity contribution in [3.63, 3.8) is 0 Å². The molecule has 2 aromatic rings. The minimum Gasteiger partial charge on any atom is -0.466 e. The van der Waals surface area contributed by atoms with Crippen LogP contribution in [-0.4, -0.2) is 42.3 Å². The van der Waals surface area contributed by atoms with Crippen LogP contribution < -0.4 is 0 Å². The van der Waals surface area contributed by atoms with E-state index in [1.807, 2.05) is 0 Å². The molecule has 1 aromatic heterocycles. The lowest BCUT2D eigenvalue weighted by Gasteiger charge is -2.11. The Balaban J connectivity index is 2.61. The van der Waals surface area contributed by atoms with Gasteiger partial charge in [-0.25, -0.2) is 4.79 Å². The largest absolute Gasteiger partial charge is 0.466 e. The van der Waals surface area contributed by atoms with Gasteiger partial charge < -0.3 is 18.8 Å². The lowest BCUT2D eigenvalue weighted by molar-refractivity contribution is -0.144. The van der Waals surface area contributed by atoms with Crippen molar-refractivity contribution >= 4 is 52.0 Å².